The number of anilines is 1. The maximum absolute atomic E-state index is 11.9. The Morgan fingerprint density at radius 2 is 2.05 bits per heavy atom. The van der Waals surface area contributed by atoms with Crippen LogP contribution in [-0.4, -0.2) is 22.1 Å². The van der Waals surface area contributed by atoms with Gasteiger partial charge in [-0.15, -0.1) is 10.2 Å². The number of hydrogen-bond acceptors (Lipinski definition) is 5. The van der Waals surface area contributed by atoms with Crippen molar-refractivity contribution < 1.29 is 9.21 Å². The fraction of sp³-hybridized carbons (Fsp3) is 0.357. The summed E-state index contributed by atoms with van der Waals surface area (Å²) in [5, 5.41) is 10.2. The predicted octanol–water partition coefficient (Wildman–Crippen LogP) is 2.05. The molecule has 106 valence electrons. The number of nitrogens with two attached hydrogens (primary N) is 1. The second-order valence-electron chi connectivity index (χ2n) is 5.05. The van der Waals surface area contributed by atoms with Crippen LogP contribution >= 0.6 is 0 Å². The molecule has 1 atom stereocenters. The molecule has 1 heterocycles. The van der Waals surface area contributed by atoms with E-state index in [9.17, 15) is 4.79 Å². The smallest absolute Gasteiger partial charge is 0.247 e. The van der Waals surface area contributed by atoms with Gasteiger partial charge in [0.1, 0.15) is 0 Å². The minimum absolute atomic E-state index is 0.177. The van der Waals surface area contributed by atoms with Gasteiger partial charge >= 0.3 is 0 Å². The Kier molecular flexibility index (Phi) is 4.47. The van der Waals surface area contributed by atoms with Gasteiger partial charge in [-0.2, -0.15) is 0 Å². The first-order chi connectivity index (χ1) is 9.56. The molecule has 1 aromatic carbocycles. The molecule has 0 unspecified atom stereocenters. The molecule has 0 saturated heterocycles. The number of carbonyl (C=O) groups excluding carboxylic acids is 1. The Morgan fingerprint density at radius 1 is 1.35 bits per heavy atom. The van der Waals surface area contributed by atoms with Crippen molar-refractivity contribution in [3.8, 4) is 11.5 Å². The van der Waals surface area contributed by atoms with Gasteiger partial charge < -0.3 is 15.5 Å². The van der Waals surface area contributed by atoms with Gasteiger partial charge in [0.2, 0.25) is 18.2 Å². The van der Waals surface area contributed by atoms with E-state index >= 15 is 0 Å². The number of nitrogens with zero attached hydrogens (tertiary/aromatic N) is 2. The van der Waals surface area contributed by atoms with Crippen LogP contribution in [0.1, 0.15) is 20.3 Å². The Bertz CT molecular complexity index is 549. The van der Waals surface area contributed by atoms with Crippen LogP contribution < -0.4 is 11.1 Å². The van der Waals surface area contributed by atoms with E-state index in [2.05, 4.69) is 15.5 Å². The average molecular weight is 274 g/mol. The van der Waals surface area contributed by atoms with E-state index in [1.165, 1.54) is 6.39 Å². The highest BCUT2D eigenvalue weighted by Gasteiger charge is 2.15. The number of hydrogen-bond donors (Lipinski definition) is 2. The molecule has 20 heavy (non-hydrogen) atoms. The number of benzene rings is 1. The SMILES string of the molecule is CC(C)C[C@H](N)C(=O)Nc1ccc(-c2nnco2)cc1. The largest absolute Gasteiger partial charge is 0.423 e. The van der Waals surface area contributed by atoms with E-state index in [4.69, 9.17) is 10.2 Å². The summed E-state index contributed by atoms with van der Waals surface area (Å²) >= 11 is 0. The van der Waals surface area contributed by atoms with Crippen molar-refractivity contribution in [2.75, 3.05) is 5.32 Å². The molecule has 1 amide bonds. The number of rotatable bonds is 5. The molecule has 6 heteroatoms. The summed E-state index contributed by atoms with van der Waals surface area (Å²) in [5.74, 6) is 0.652. The summed E-state index contributed by atoms with van der Waals surface area (Å²) in [6.07, 6.45) is 1.93. The van der Waals surface area contributed by atoms with Crippen LogP contribution in [-0.2, 0) is 4.79 Å². The zero-order valence-electron chi connectivity index (χ0n) is 11.5. The first-order valence-corrected chi connectivity index (χ1v) is 6.49. The molecule has 0 aliphatic carbocycles. The lowest BCUT2D eigenvalue weighted by molar-refractivity contribution is -0.117. The Morgan fingerprint density at radius 3 is 2.60 bits per heavy atom. The molecule has 3 N–H and O–H groups in total. The molecular weight excluding hydrogens is 256 g/mol. The summed E-state index contributed by atoms with van der Waals surface area (Å²) < 4.78 is 5.09. The highest BCUT2D eigenvalue weighted by molar-refractivity contribution is 5.94. The molecule has 0 spiro atoms. The summed E-state index contributed by atoms with van der Waals surface area (Å²) in [6.45, 7) is 4.07. The topological polar surface area (TPSA) is 94.0 Å². The highest BCUT2D eigenvalue weighted by Crippen LogP contribution is 2.19. The molecule has 0 radical (unpaired) electrons. The highest BCUT2D eigenvalue weighted by atomic mass is 16.4. The molecule has 0 bridgehead atoms. The summed E-state index contributed by atoms with van der Waals surface area (Å²) in [4.78, 5) is 11.9. The average Bonchev–Trinajstić information content (AvgIpc) is 2.92. The van der Waals surface area contributed by atoms with Crippen molar-refractivity contribution in [3.63, 3.8) is 0 Å². The first kappa shape index (κ1) is 14.2. The fourth-order valence-electron chi connectivity index (χ4n) is 1.84. The third-order valence-electron chi connectivity index (χ3n) is 2.82. The number of carbonyl (C=O) groups is 1. The van der Waals surface area contributed by atoms with Gasteiger partial charge in [0.25, 0.3) is 0 Å². The van der Waals surface area contributed by atoms with E-state index < -0.39 is 6.04 Å². The zero-order chi connectivity index (χ0) is 14.5. The molecule has 2 rings (SSSR count). The summed E-state index contributed by atoms with van der Waals surface area (Å²) in [6, 6.07) is 6.67. The molecule has 2 aromatic rings. The van der Waals surface area contributed by atoms with Crippen molar-refractivity contribution in [1.82, 2.24) is 10.2 Å². The standard InChI is InChI=1S/C14H18N4O2/c1-9(2)7-12(15)13(19)17-11-5-3-10(4-6-11)14-18-16-8-20-14/h3-6,8-9,12H,7,15H2,1-2H3,(H,17,19)/t12-/m0/s1. The van der Waals surface area contributed by atoms with Gasteiger partial charge in [0.05, 0.1) is 6.04 Å². The molecule has 1 aromatic heterocycles. The monoisotopic (exact) mass is 274 g/mol. The quantitative estimate of drug-likeness (QED) is 0.870. The van der Waals surface area contributed by atoms with E-state index in [0.717, 1.165) is 5.56 Å². The number of aromatic nitrogens is 2. The van der Waals surface area contributed by atoms with Gasteiger partial charge in [-0.3, -0.25) is 4.79 Å². The van der Waals surface area contributed by atoms with E-state index in [1.54, 1.807) is 24.3 Å². The van der Waals surface area contributed by atoms with Crippen LogP contribution in [0.3, 0.4) is 0 Å². The van der Waals surface area contributed by atoms with Crippen LogP contribution in [0.5, 0.6) is 0 Å². The molecule has 6 nitrogen and oxygen atoms in total. The van der Waals surface area contributed by atoms with Gasteiger partial charge in [-0.1, -0.05) is 13.8 Å². The van der Waals surface area contributed by atoms with Gasteiger partial charge in [-0.05, 0) is 36.6 Å². The lowest BCUT2D eigenvalue weighted by atomic mass is 10.0. The maximum Gasteiger partial charge on any atom is 0.247 e. The van der Waals surface area contributed by atoms with E-state index in [-0.39, 0.29) is 5.91 Å². The zero-order valence-corrected chi connectivity index (χ0v) is 11.5. The van der Waals surface area contributed by atoms with Crippen LogP contribution in [0, 0.1) is 5.92 Å². The van der Waals surface area contributed by atoms with Crippen molar-refractivity contribution in [1.29, 1.82) is 0 Å². The lowest BCUT2D eigenvalue weighted by Gasteiger charge is -2.14. The maximum atomic E-state index is 11.9. The minimum Gasteiger partial charge on any atom is -0.423 e. The summed E-state index contributed by atoms with van der Waals surface area (Å²) in [7, 11) is 0. The number of amides is 1. The Hall–Kier alpha value is -2.21. The van der Waals surface area contributed by atoms with Crippen LogP contribution in [0.25, 0.3) is 11.5 Å². The van der Waals surface area contributed by atoms with Gasteiger partial charge in [-0.25, -0.2) is 0 Å². The van der Waals surface area contributed by atoms with Gasteiger partial charge in [0, 0.05) is 11.3 Å². The van der Waals surface area contributed by atoms with Crippen LogP contribution in [0.4, 0.5) is 5.69 Å². The van der Waals surface area contributed by atoms with Crippen molar-refractivity contribution >= 4 is 11.6 Å². The Balaban J connectivity index is 1.99. The van der Waals surface area contributed by atoms with Crippen molar-refractivity contribution in [2.45, 2.75) is 26.3 Å². The van der Waals surface area contributed by atoms with Gasteiger partial charge in [0.15, 0.2) is 0 Å². The molecule has 0 aliphatic rings. The Labute approximate surface area is 117 Å². The van der Waals surface area contributed by atoms with E-state index in [1.807, 2.05) is 13.8 Å². The van der Waals surface area contributed by atoms with Crippen LogP contribution in [0.2, 0.25) is 0 Å². The third kappa shape index (κ3) is 3.64. The van der Waals surface area contributed by atoms with Crippen molar-refractivity contribution in [2.24, 2.45) is 11.7 Å². The molecule has 0 saturated carbocycles. The number of nitrogens with one attached hydrogen (secondary N) is 1. The summed E-state index contributed by atoms with van der Waals surface area (Å²) in [5.41, 5.74) is 7.32. The molecule has 0 fully saturated rings. The first-order valence-electron chi connectivity index (χ1n) is 6.49. The van der Waals surface area contributed by atoms with Crippen LogP contribution in [0.15, 0.2) is 35.1 Å². The minimum atomic E-state index is -0.495. The van der Waals surface area contributed by atoms with E-state index in [0.29, 0.717) is 23.9 Å². The second kappa shape index (κ2) is 6.29. The fourth-order valence-corrected chi connectivity index (χ4v) is 1.84. The normalized spacial score (nSPS) is 12.4. The second-order valence-corrected chi connectivity index (χ2v) is 5.05. The molecular formula is C14H18N4O2. The third-order valence-corrected chi connectivity index (χ3v) is 2.82. The molecule has 0 aliphatic heterocycles. The predicted molar refractivity (Wildman–Crippen MR) is 75.8 cm³/mol. The lowest BCUT2D eigenvalue weighted by Crippen LogP contribution is -2.36. The van der Waals surface area contributed by atoms with Crippen molar-refractivity contribution in [3.05, 3.63) is 30.7 Å².